The van der Waals surface area contributed by atoms with Crippen LogP contribution in [0.2, 0.25) is 0 Å². The molecule has 0 amide bonds. The maximum absolute atomic E-state index is 12.7. The van der Waals surface area contributed by atoms with Gasteiger partial charge in [0.25, 0.3) is 0 Å². The Kier molecular flexibility index (Phi) is 38.9. The highest BCUT2D eigenvalue weighted by Crippen LogP contribution is 2.17. The summed E-state index contributed by atoms with van der Waals surface area (Å²) in [5.41, 5.74) is 0. The van der Waals surface area contributed by atoms with Crippen molar-refractivity contribution in [2.45, 2.75) is 259 Å². The molecule has 314 valence electrons. The largest absolute Gasteiger partial charge is 0.462 e. The Morgan fingerprint density at radius 2 is 0.623 bits per heavy atom. The van der Waals surface area contributed by atoms with Gasteiger partial charge in [-0.1, -0.05) is 214 Å². The summed E-state index contributed by atoms with van der Waals surface area (Å²) in [5.74, 6) is 0.793. The number of carbonyl (C=O) groups excluding carboxylic acids is 3. The summed E-state index contributed by atoms with van der Waals surface area (Å²) < 4.78 is 16.6. The zero-order valence-corrected chi connectivity index (χ0v) is 36.1. The van der Waals surface area contributed by atoms with Gasteiger partial charge in [-0.3, -0.25) is 14.4 Å². The molecule has 0 fully saturated rings. The molecule has 0 unspecified atom stereocenters. The molecule has 0 saturated heterocycles. The molecule has 1 atom stereocenters. The molecule has 0 aromatic heterocycles. The van der Waals surface area contributed by atoms with Crippen molar-refractivity contribution in [3.05, 3.63) is 0 Å². The summed E-state index contributed by atoms with van der Waals surface area (Å²) >= 11 is 0. The normalized spacial score (nSPS) is 12.1. The van der Waals surface area contributed by atoms with Crippen LogP contribution in [0.1, 0.15) is 253 Å². The van der Waals surface area contributed by atoms with E-state index in [1.54, 1.807) is 0 Å². The molecular weight excluding hydrogens is 661 g/mol. The standard InChI is InChI=1S/C47H90O6/c1-6-7-8-25-32-37-45(48)51-40-44(41-52-46(49)38-33-28-23-19-16-15-18-22-27-31-36-43(4)5)53-47(50)39-34-29-24-20-14-12-10-9-11-13-17-21-26-30-35-42(2)3/h42-44H,6-41H2,1-5H3/t44-/m1/s1. The van der Waals surface area contributed by atoms with Crippen LogP contribution in [-0.4, -0.2) is 37.2 Å². The van der Waals surface area contributed by atoms with E-state index in [-0.39, 0.29) is 31.1 Å². The number of ether oxygens (including phenoxy) is 3. The van der Waals surface area contributed by atoms with Crippen LogP contribution in [0, 0.1) is 11.8 Å². The second-order valence-corrected chi connectivity index (χ2v) is 17.0. The third-order valence-electron chi connectivity index (χ3n) is 10.5. The van der Waals surface area contributed by atoms with Gasteiger partial charge in [0.05, 0.1) is 0 Å². The van der Waals surface area contributed by atoms with Gasteiger partial charge in [0.15, 0.2) is 6.10 Å². The molecule has 0 saturated carbocycles. The van der Waals surface area contributed by atoms with Crippen LogP contribution in [0.4, 0.5) is 0 Å². The minimum absolute atomic E-state index is 0.0657. The summed E-state index contributed by atoms with van der Waals surface area (Å²) in [7, 11) is 0. The first kappa shape index (κ1) is 51.4. The highest BCUT2D eigenvalue weighted by atomic mass is 16.6. The van der Waals surface area contributed by atoms with E-state index >= 15 is 0 Å². The molecular formula is C47H90O6. The first-order valence-corrected chi connectivity index (χ1v) is 23.2. The third-order valence-corrected chi connectivity index (χ3v) is 10.5. The van der Waals surface area contributed by atoms with E-state index in [1.807, 2.05) is 0 Å². The molecule has 53 heavy (non-hydrogen) atoms. The van der Waals surface area contributed by atoms with Crippen LogP contribution in [-0.2, 0) is 28.6 Å². The average Bonchev–Trinajstić information content (AvgIpc) is 3.12. The first-order chi connectivity index (χ1) is 25.7. The van der Waals surface area contributed by atoms with E-state index in [1.165, 1.54) is 135 Å². The average molecular weight is 751 g/mol. The molecule has 0 N–H and O–H groups in total. The van der Waals surface area contributed by atoms with Crippen molar-refractivity contribution in [1.82, 2.24) is 0 Å². The van der Waals surface area contributed by atoms with E-state index in [0.717, 1.165) is 76.0 Å². The fraction of sp³-hybridized carbons (Fsp3) is 0.936. The number of carbonyl (C=O) groups is 3. The monoisotopic (exact) mass is 751 g/mol. The number of hydrogen-bond donors (Lipinski definition) is 0. The molecule has 0 aliphatic heterocycles. The highest BCUT2D eigenvalue weighted by molar-refractivity contribution is 5.71. The zero-order valence-electron chi connectivity index (χ0n) is 36.1. The SMILES string of the molecule is CCCCCCCC(=O)OC[C@H](COC(=O)CCCCCCCCCCCCC(C)C)OC(=O)CCCCCCCCCCCCCCCCC(C)C. The summed E-state index contributed by atoms with van der Waals surface area (Å²) in [4.78, 5) is 37.5. The molecule has 6 nitrogen and oxygen atoms in total. The van der Waals surface area contributed by atoms with Gasteiger partial charge in [-0.25, -0.2) is 0 Å². The second-order valence-electron chi connectivity index (χ2n) is 17.0. The van der Waals surface area contributed by atoms with E-state index in [4.69, 9.17) is 14.2 Å². The van der Waals surface area contributed by atoms with Crippen molar-refractivity contribution in [3.63, 3.8) is 0 Å². The molecule has 0 heterocycles. The van der Waals surface area contributed by atoms with Gasteiger partial charge in [0.1, 0.15) is 13.2 Å². The summed E-state index contributed by atoms with van der Waals surface area (Å²) in [6.45, 7) is 11.3. The van der Waals surface area contributed by atoms with Gasteiger partial charge in [-0.15, -0.1) is 0 Å². The molecule has 0 aliphatic carbocycles. The molecule has 0 spiro atoms. The van der Waals surface area contributed by atoms with Crippen LogP contribution in [0.15, 0.2) is 0 Å². The van der Waals surface area contributed by atoms with Crippen molar-refractivity contribution in [2.24, 2.45) is 11.8 Å². The molecule has 0 bridgehead atoms. The van der Waals surface area contributed by atoms with Crippen LogP contribution in [0.25, 0.3) is 0 Å². The van der Waals surface area contributed by atoms with Crippen molar-refractivity contribution in [2.75, 3.05) is 13.2 Å². The van der Waals surface area contributed by atoms with Crippen molar-refractivity contribution in [3.8, 4) is 0 Å². The fourth-order valence-electron chi connectivity index (χ4n) is 6.93. The lowest BCUT2D eigenvalue weighted by molar-refractivity contribution is -0.167. The van der Waals surface area contributed by atoms with Gasteiger partial charge in [0, 0.05) is 19.3 Å². The fourth-order valence-corrected chi connectivity index (χ4v) is 6.93. The lowest BCUT2D eigenvalue weighted by Crippen LogP contribution is -2.30. The number of unbranched alkanes of at least 4 members (excludes halogenated alkanes) is 26. The molecule has 0 aromatic carbocycles. The molecule has 0 aliphatic rings. The zero-order chi connectivity index (χ0) is 39.0. The van der Waals surface area contributed by atoms with Crippen LogP contribution in [0.3, 0.4) is 0 Å². The van der Waals surface area contributed by atoms with E-state index < -0.39 is 6.10 Å². The summed E-state index contributed by atoms with van der Waals surface area (Å²) in [5, 5.41) is 0. The topological polar surface area (TPSA) is 78.9 Å². The van der Waals surface area contributed by atoms with Crippen molar-refractivity contribution < 1.29 is 28.6 Å². The minimum Gasteiger partial charge on any atom is -0.462 e. The van der Waals surface area contributed by atoms with Crippen LogP contribution >= 0.6 is 0 Å². The lowest BCUT2D eigenvalue weighted by atomic mass is 10.0. The van der Waals surface area contributed by atoms with Gasteiger partial charge < -0.3 is 14.2 Å². The van der Waals surface area contributed by atoms with Gasteiger partial charge in [-0.05, 0) is 31.1 Å². The Balaban J connectivity index is 4.16. The van der Waals surface area contributed by atoms with Gasteiger partial charge >= 0.3 is 17.9 Å². The molecule has 0 radical (unpaired) electrons. The number of hydrogen-bond acceptors (Lipinski definition) is 6. The Morgan fingerprint density at radius 3 is 0.925 bits per heavy atom. The second kappa shape index (κ2) is 40.1. The predicted octanol–water partition coefficient (Wildman–Crippen LogP) is 14.6. The van der Waals surface area contributed by atoms with Crippen molar-refractivity contribution in [1.29, 1.82) is 0 Å². The van der Waals surface area contributed by atoms with E-state index in [2.05, 4.69) is 34.6 Å². The lowest BCUT2D eigenvalue weighted by Gasteiger charge is -2.18. The Morgan fingerprint density at radius 1 is 0.358 bits per heavy atom. The Labute approximate surface area is 329 Å². The maximum atomic E-state index is 12.7. The maximum Gasteiger partial charge on any atom is 0.306 e. The van der Waals surface area contributed by atoms with Gasteiger partial charge in [-0.2, -0.15) is 0 Å². The smallest absolute Gasteiger partial charge is 0.306 e. The Hall–Kier alpha value is -1.59. The third kappa shape index (κ3) is 41.4. The predicted molar refractivity (Wildman–Crippen MR) is 224 cm³/mol. The number of rotatable bonds is 41. The first-order valence-electron chi connectivity index (χ1n) is 23.2. The molecule has 0 rings (SSSR count). The van der Waals surface area contributed by atoms with Gasteiger partial charge in [0.2, 0.25) is 0 Å². The quantitative estimate of drug-likeness (QED) is 0.0352. The van der Waals surface area contributed by atoms with E-state index in [0.29, 0.717) is 19.3 Å². The van der Waals surface area contributed by atoms with Crippen molar-refractivity contribution >= 4 is 17.9 Å². The molecule has 6 heteroatoms. The minimum atomic E-state index is -0.759. The molecule has 0 aromatic rings. The summed E-state index contributed by atoms with van der Waals surface area (Å²) in [6, 6.07) is 0. The Bertz CT molecular complexity index is 809. The van der Waals surface area contributed by atoms with E-state index in [9.17, 15) is 14.4 Å². The highest BCUT2D eigenvalue weighted by Gasteiger charge is 2.19. The number of esters is 3. The van der Waals surface area contributed by atoms with Crippen LogP contribution < -0.4 is 0 Å². The summed E-state index contributed by atoms with van der Waals surface area (Å²) in [6.07, 6.45) is 38.3. The van der Waals surface area contributed by atoms with Crippen LogP contribution in [0.5, 0.6) is 0 Å².